The minimum Gasteiger partial charge on any atom is -0.468 e. The Labute approximate surface area is 140 Å². The van der Waals surface area contributed by atoms with Crippen LogP contribution < -0.4 is 0 Å². The maximum Gasteiger partial charge on any atom is 0.507 e. The van der Waals surface area contributed by atoms with Gasteiger partial charge in [0, 0.05) is 19.3 Å². The fourth-order valence-corrected chi connectivity index (χ4v) is 1.67. The summed E-state index contributed by atoms with van der Waals surface area (Å²) >= 11 is 0. The zero-order valence-electron chi connectivity index (χ0n) is 14.2. The van der Waals surface area contributed by atoms with E-state index in [1.54, 1.807) is 0 Å². The molecule has 0 saturated carbocycles. The maximum atomic E-state index is 11.0. The Morgan fingerprint density at radius 2 is 1.42 bits per heavy atom. The molecule has 0 aliphatic carbocycles. The number of carbonyl (C=O) groups excluding carboxylic acids is 4. The Bertz CT molecular complexity index is 397. The molecule has 0 amide bonds. The van der Waals surface area contributed by atoms with Crippen molar-refractivity contribution in [1.82, 2.24) is 0 Å². The molecule has 2 rings (SSSR count). The van der Waals surface area contributed by atoms with Crippen LogP contribution in [0.5, 0.6) is 0 Å². The summed E-state index contributed by atoms with van der Waals surface area (Å²) in [6.45, 7) is 1.87. The number of ether oxygens (including phenoxy) is 5. The predicted molar refractivity (Wildman–Crippen MR) is 80.4 cm³/mol. The summed E-state index contributed by atoms with van der Waals surface area (Å²) in [7, 11) is 3.78. The number of methoxy groups -OCH3 is 3. The number of ketones is 2. The van der Waals surface area contributed by atoms with Gasteiger partial charge < -0.3 is 23.7 Å². The smallest absolute Gasteiger partial charge is 0.468 e. The van der Waals surface area contributed by atoms with Crippen LogP contribution in [0.15, 0.2) is 0 Å². The van der Waals surface area contributed by atoms with Crippen molar-refractivity contribution in [3.63, 3.8) is 0 Å². The molecule has 1 unspecified atom stereocenters. The van der Waals surface area contributed by atoms with Crippen LogP contribution in [0.1, 0.15) is 19.3 Å². The van der Waals surface area contributed by atoms with Crippen molar-refractivity contribution in [2.24, 2.45) is 5.92 Å². The normalized spacial score (nSPS) is 19.7. The van der Waals surface area contributed by atoms with Gasteiger partial charge >= 0.3 is 12.1 Å². The van der Waals surface area contributed by atoms with E-state index in [9.17, 15) is 19.2 Å². The Morgan fingerprint density at radius 1 is 0.875 bits per heavy atom. The molecule has 0 aromatic heterocycles. The van der Waals surface area contributed by atoms with Gasteiger partial charge in [0.15, 0.2) is 5.78 Å². The number of carbonyl (C=O) groups is 4. The quantitative estimate of drug-likeness (QED) is 0.494. The molecule has 24 heavy (non-hydrogen) atoms. The zero-order valence-corrected chi connectivity index (χ0v) is 14.2. The molecule has 0 aromatic rings. The molecule has 0 radical (unpaired) electrons. The Balaban J connectivity index is 0.000000353. The lowest BCUT2D eigenvalue weighted by Gasteiger charge is -2.18. The molecule has 0 spiro atoms. The first-order valence-electron chi connectivity index (χ1n) is 7.35. The van der Waals surface area contributed by atoms with Crippen molar-refractivity contribution >= 4 is 23.7 Å². The molecule has 2 fully saturated rings. The highest BCUT2D eigenvalue weighted by molar-refractivity contribution is 5.99. The molecular weight excluding hydrogens is 324 g/mol. The molecule has 0 bridgehead atoms. The summed E-state index contributed by atoms with van der Waals surface area (Å²) in [6.07, 6.45) is 0.912. The van der Waals surface area contributed by atoms with Crippen LogP contribution in [0, 0.1) is 5.92 Å². The molecular formula is C15H24O9. The van der Waals surface area contributed by atoms with Gasteiger partial charge in [-0.2, -0.15) is 0 Å². The lowest BCUT2D eigenvalue weighted by Crippen LogP contribution is -2.34. The summed E-state index contributed by atoms with van der Waals surface area (Å²) in [5, 5.41) is 0. The van der Waals surface area contributed by atoms with Crippen LogP contribution in [0.25, 0.3) is 0 Å². The van der Waals surface area contributed by atoms with Crippen molar-refractivity contribution in [2.75, 3.05) is 47.8 Å². The summed E-state index contributed by atoms with van der Waals surface area (Å²) in [4.78, 5) is 42.0. The molecule has 0 N–H and O–H groups in total. The van der Waals surface area contributed by atoms with Gasteiger partial charge in [-0.1, -0.05) is 0 Å². The van der Waals surface area contributed by atoms with Gasteiger partial charge in [0.2, 0.25) is 0 Å². The average Bonchev–Trinajstić information content (AvgIpc) is 2.62. The highest BCUT2D eigenvalue weighted by Crippen LogP contribution is 2.10. The average molecular weight is 348 g/mol. The number of hydrogen-bond donors (Lipinski definition) is 0. The minimum atomic E-state index is -0.686. The van der Waals surface area contributed by atoms with Crippen LogP contribution in [-0.2, 0) is 38.1 Å². The highest BCUT2D eigenvalue weighted by Gasteiger charge is 2.30. The van der Waals surface area contributed by atoms with Crippen molar-refractivity contribution in [2.45, 2.75) is 19.3 Å². The standard InChI is InChI=1S/C7H10O4.C5H8O2.C3H6O3/c1-10-7(9)5-4-11-3-2-6(5)8;6-5-1-3-7-4-2-5;1-5-3(4)6-2/h5H,2-4H2,1H3;1-4H2;1-2H3. The van der Waals surface area contributed by atoms with Gasteiger partial charge in [-0.05, 0) is 0 Å². The topological polar surface area (TPSA) is 114 Å². The molecule has 138 valence electrons. The second kappa shape index (κ2) is 13.4. The van der Waals surface area contributed by atoms with Crippen LogP contribution >= 0.6 is 0 Å². The highest BCUT2D eigenvalue weighted by atomic mass is 16.7. The monoisotopic (exact) mass is 348 g/mol. The molecule has 2 aliphatic heterocycles. The van der Waals surface area contributed by atoms with Gasteiger partial charge in [0.25, 0.3) is 0 Å². The number of hydrogen-bond acceptors (Lipinski definition) is 9. The number of esters is 1. The Hall–Kier alpha value is -2.00. The van der Waals surface area contributed by atoms with Crippen molar-refractivity contribution < 1.29 is 42.9 Å². The lowest BCUT2D eigenvalue weighted by atomic mass is 10.0. The minimum absolute atomic E-state index is 0.0805. The van der Waals surface area contributed by atoms with E-state index in [4.69, 9.17) is 9.47 Å². The third kappa shape index (κ3) is 9.90. The fourth-order valence-electron chi connectivity index (χ4n) is 1.67. The number of Topliss-reactive ketones (excluding diaryl/α,β-unsaturated/α-hetero) is 2. The van der Waals surface area contributed by atoms with E-state index in [0.717, 1.165) is 0 Å². The molecule has 9 heteroatoms. The zero-order chi connectivity index (χ0) is 18.4. The van der Waals surface area contributed by atoms with E-state index < -0.39 is 18.0 Å². The first-order chi connectivity index (χ1) is 11.5. The van der Waals surface area contributed by atoms with E-state index in [-0.39, 0.29) is 12.4 Å². The Morgan fingerprint density at radius 3 is 1.75 bits per heavy atom. The summed E-state index contributed by atoms with van der Waals surface area (Å²) < 4.78 is 22.4. The molecule has 2 saturated heterocycles. The van der Waals surface area contributed by atoms with Crippen molar-refractivity contribution in [3.05, 3.63) is 0 Å². The third-order valence-electron chi connectivity index (χ3n) is 3.04. The van der Waals surface area contributed by atoms with E-state index in [0.29, 0.717) is 44.9 Å². The molecule has 2 heterocycles. The van der Waals surface area contributed by atoms with Gasteiger partial charge in [0.1, 0.15) is 11.7 Å². The van der Waals surface area contributed by atoms with E-state index in [1.807, 2.05) is 0 Å². The molecule has 2 aliphatic rings. The Kier molecular flexibility index (Phi) is 12.3. The first-order valence-corrected chi connectivity index (χ1v) is 7.35. The largest absolute Gasteiger partial charge is 0.507 e. The van der Waals surface area contributed by atoms with Crippen molar-refractivity contribution in [1.29, 1.82) is 0 Å². The van der Waals surface area contributed by atoms with Crippen LogP contribution in [-0.4, -0.2) is 71.4 Å². The van der Waals surface area contributed by atoms with Gasteiger partial charge in [-0.3, -0.25) is 14.4 Å². The van der Waals surface area contributed by atoms with Gasteiger partial charge in [0.05, 0.1) is 47.8 Å². The number of rotatable bonds is 1. The summed E-state index contributed by atoms with van der Waals surface area (Å²) in [5.41, 5.74) is 0. The van der Waals surface area contributed by atoms with Crippen LogP contribution in [0.4, 0.5) is 4.79 Å². The predicted octanol–water partition coefficient (Wildman–Crippen LogP) is 0.530. The molecule has 9 nitrogen and oxygen atoms in total. The van der Waals surface area contributed by atoms with Crippen molar-refractivity contribution in [3.8, 4) is 0 Å². The maximum absolute atomic E-state index is 11.0. The molecule has 1 atom stereocenters. The fraction of sp³-hybridized carbons (Fsp3) is 0.733. The van der Waals surface area contributed by atoms with E-state index >= 15 is 0 Å². The lowest BCUT2D eigenvalue weighted by molar-refractivity contribution is -0.155. The second-order valence-corrected chi connectivity index (χ2v) is 4.68. The van der Waals surface area contributed by atoms with Gasteiger partial charge in [-0.25, -0.2) is 4.79 Å². The summed E-state index contributed by atoms with van der Waals surface area (Å²) in [5.74, 6) is -0.919. The first kappa shape index (κ1) is 22.0. The van der Waals surface area contributed by atoms with Crippen LogP contribution in [0.2, 0.25) is 0 Å². The third-order valence-corrected chi connectivity index (χ3v) is 3.04. The molecule has 0 aromatic carbocycles. The van der Waals surface area contributed by atoms with Gasteiger partial charge in [-0.15, -0.1) is 0 Å². The second-order valence-electron chi connectivity index (χ2n) is 4.68. The van der Waals surface area contributed by atoms with Crippen LogP contribution in [0.3, 0.4) is 0 Å². The van der Waals surface area contributed by atoms with E-state index in [2.05, 4.69) is 14.2 Å². The SMILES string of the molecule is COC(=O)C1COCCC1=O.COC(=O)OC.O=C1CCOCC1. The summed E-state index contributed by atoms with van der Waals surface area (Å²) in [6, 6.07) is 0. The van der Waals surface area contributed by atoms with E-state index in [1.165, 1.54) is 21.3 Å².